The number of hydrogen-bond acceptors (Lipinski definition) is 4. The highest BCUT2D eigenvalue weighted by atomic mass is 19.4. The second-order valence-corrected chi connectivity index (χ2v) is 6.41. The SMILES string of the molecule is CC(O)(COc1ccc(C(F)(F)F)cc1)C(=O)Nc1ccc(C#N)cc1C(F)(F)F. The largest absolute Gasteiger partial charge is 0.490 e. The average Bonchev–Trinajstić information content (AvgIpc) is 2.65. The first-order valence-electron chi connectivity index (χ1n) is 8.19. The number of nitrogens with zero attached hydrogens (tertiary/aromatic N) is 1. The lowest BCUT2D eigenvalue weighted by atomic mass is 10.1. The van der Waals surface area contributed by atoms with Gasteiger partial charge >= 0.3 is 12.4 Å². The molecule has 0 saturated heterocycles. The molecular formula is C19H14F6N2O3. The topological polar surface area (TPSA) is 82.3 Å². The number of nitrogens with one attached hydrogen (secondary N) is 1. The van der Waals surface area contributed by atoms with E-state index in [1.807, 2.05) is 5.32 Å². The van der Waals surface area contributed by atoms with Gasteiger partial charge in [0.25, 0.3) is 5.91 Å². The van der Waals surface area contributed by atoms with Crippen molar-refractivity contribution in [1.82, 2.24) is 0 Å². The Morgan fingerprint density at radius 2 is 1.67 bits per heavy atom. The molecule has 0 saturated carbocycles. The summed E-state index contributed by atoms with van der Waals surface area (Å²) in [4.78, 5) is 12.3. The molecular weight excluding hydrogens is 418 g/mol. The predicted molar refractivity (Wildman–Crippen MR) is 92.4 cm³/mol. The lowest BCUT2D eigenvalue weighted by molar-refractivity contribution is -0.138. The number of nitriles is 1. The second-order valence-electron chi connectivity index (χ2n) is 6.41. The first-order chi connectivity index (χ1) is 13.7. The van der Waals surface area contributed by atoms with Crippen LogP contribution in [0.3, 0.4) is 0 Å². The number of carbonyl (C=O) groups excluding carboxylic acids is 1. The fourth-order valence-electron chi connectivity index (χ4n) is 2.24. The summed E-state index contributed by atoms with van der Waals surface area (Å²) in [5.74, 6) is -1.34. The summed E-state index contributed by atoms with van der Waals surface area (Å²) in [5.41, 5.74) is -5.49. The Morgan fingerprint density at radius 1 is 1.07 bits per heavy atom. The van der Waals surface area contributed by atoms with Crippen LogP contribution in [0.25, 0.3) is 0 Å². The molecule has 2 rings (SSSR count). The Kier molecular flexibility index (Phi) is 6.32. The van der Waals surface area contributed by atoms with Gasteiger partial charge in [0.05, 0.1) is 28.4 Å². The molecule has 1 amide bonds. The molecule has 0 bridgehead atoms. The number of alkyl halides is 6. The summed E-state index contributed by atoms with van der Waals surface area (Å²) < 4.78 is 82.2. The lowest BCUT2D eigenvalue weighted by Crippen LogP contribution is -2.45. The molecule has 5 nitrogen and oxygen atoms in total. The van der Waals surface area contributed by atoms with Crippen molar-refractivity contribution in [2.45, 2.75) is 24.9 Å². The molecule has 0 aliphatic carbocycles. The van der Waals surface area contributed by atoms with Crippen molar-refractivity contribution < 1.29 is 41.0 Å². The number of anilines is 1. The van der Waals surface area contributed by atoms with Crippen molar-refractivity contribution in [3.05, 3.63) is 59.2 Å². The molecule has 1 unspecified atom stereocenters. The first-order valence-corrected chi connectivity index (χ1v) is 8.19. The third kappa shape index (κ3) is 5.64. The maximum Gasteiger partial charge on any atom is 0.418 e. The minimum atomic E-state index is -4.88. The van der Waals surface area contributed by atoms with Gasteiger partial charge in [0.2, 0.25) is 0 Å². The minimum absolute atomic E-state index is 0.0922. The molecule has 2 N–H and O–H groups in total. The van der Waals surface area contributed by atoms with E-state index in [9.17, 15) is 36.2 Å². The van der Waals surface area contributed by atoms with Crippen molar-refractivity contribution in [3.8, 4) is 11.8 Å². The Bertz CT molecular complexity index is 960. The molecule has 160 valence electrons. The molecule has 0 spiro atoms. The number of benzene rings is 2. The van der Waals surface area contributed by atoms with E-state index in [0.29, 0.717) is 6.07 Å². The molecule has 0 aromatic heterocycles. The quantitative estimate of drug-likeness (QED) is 0.688. The van der Waals surface area contributed by atoms with Gasteiger partial charge < -0.3 is 15.2 Å². The fraction of sp³-hybridized carbons (Fsp3) is 0.263. The summed E-state index contributed by atoms with van der Waals surface area (Å²) in [6.07, 6.45) is -9.43. The van der Waals surface area contributed by atoms with Gasteiger partial charge in [-0.1, -0.05) is 0 Å². The Labute approximate surface area is 166 Å². The fourth-order valence-corrected chi connectivity index (χ4v) is 2.24. The van der Waals surface area contributed by atoms with Crippen LogP contribution in [0, 0.1) is 11.3 Å². The van der Waals surface area contributed by atoms with Crippen molar-refractivity contribution in [2.75, 3.05) is 11.9 Å². The van der Waals surface area contributed by atoms with E-state index in [1.54, 1.807) is 6.07 Å². The maximum absolute atomic E-state index is 13.2. The Hall–Kier alpha value is -3.26. The van der Waals surface area contributed by atoms with Crippen LogP contribution >= 0.6 is 0 Å². The average molecular weight is 432 g/mol. The number of aliphatic hydroxyl groups is 1. The van der Waals surface area contributed by atoms with Crippen molar-refractivity contribution in [2.24, 2.45) is 0 Å². The van der Waals surface area contributed by atoms with Crippen molar-refractivity contribution in [1.29, 1.82) is 5.26 Å². The lowest BCUT2D eigenvalue weighted by Gasteiger charge is -2.24. The van der Waals surface area contributed by atoms with E-state index in [-0.39, 0.29) is 11.3 Å². The summed E-state index contributed by atoms with van der Waals surface area (Å²) in [6.45, 7) is 0.213. The number of hydrogen-bond donors (Lipinski definition) is 2. The second kappa shape index (κ2) is 8.23. The monoisotopic (exact) mass is 432 g/mol. The molecule has 2 aromatic rings. The summed E-state index contributed by atoms with van der Waals surface area (Å²) in [6, 6.07) is 7.42. The first kappa shape index (κ1) is 23.0. The van der Waals surface area contributed by atoms with Crippen LogP contribution in [-0.2, 0) is 17.1 Å². The van der Waals surface area contributed by atoms with Gasteiger partial charge in [-0.15, -0.1) is 0 Å². The van der Waals surface area contributed by atoms with E-state index in [2.05, 4.69) is 0 Å². The molecule has 0 heterocycles. The van der Waals surface area contributed by atoms with Crippen LogP contribution in [0.15, 0.2) is 42.5 Å². The number of rotatable bonds is 5. The zero-order chi connectivity index (χ0) is 22.7. The normalized spacial score (nSPS) is 13.8. The maximum atomic E-state index is 13.2. The number of halogens is 6. The summed E-state index contributed by atoms with van der Waals surface area (Å²) in [7, 11) is 0. The zero-order valence-electron chi connectivity index (χ0n) is 15.2. The molecule has 0 aliphatic rings. The Balaban J connectivity index is 2.12. The zero-order valence-corrected chi connectivity index (χ0v) is 15.2. The molecule has 0 radical (unpaired) electrons. The van der Waals surface area contributed by atoms with Crippen LogP contribution in [0.5, 0.6) is 5.75 Å². The van der Waals surface area contributed by atoms with Gasteiger partial charge in [0.15, 0.2) is 5.60 Å². The third-order valence-corrected chi connectivity index (χ3v) is 3.89. The molecule has 11 heteroatoms. The van der Waals surface area contributed by atoms with Gasteiger partial charge in [-0.3, -0.25) is 4.79 Å². The van der Waals surface area contributed by atoms with Crippen LogP contribution < -0.4 is 10.1 Å². The number of carbonyl (C=O) groups is 1. The Morgan fingerprint density at radius 3 is 2.17 bits per heavy atom. The van der Waals surface area contributed by atoms with Crippen LogP contribution in [0.2, 0.25) is 0 Å². The summed E-state index contributed by atoms with van der Waals surface area (Å²) >= 11 is 0. The van der Waals surface area contributed by atoms with Crippen LogP contribution in [0.4, 0.5) is 32.0 Å². The number of ether oxygens (including phenoxy) is 1. The molecule has 0 aliphatic heterocycles. The van der Waals surface area contributed by atoms with E-state index in [1.165, 1.54) is 0 Å². The highest BCUT2D eigenvalue weighted by Crippen LogP contribution is 2.36. The highest BCUT2D eigenvalue weighted by molar-refractivity contribution is 5.97. The molecule has 2 aromatic carbocycles. The predicted octanol–water partition coefficient (Wildman–Crippen LogP) is 4.36. The smallest absolute Gasteiger partial charge is 0.418 e. The standard InChI is InChI=1S/C19H14F6N2O3/c1-17(29,10-30-13-5-3-12(4-6-13)18(20,21)22)16(28)27-15-7-2-11(9-26)8-14(15)19(23,24)25/h2-8,29H,10H2,1H3,(H,27,28). The summed E-state index contributed by atoms with van der Waals surface area (Å²) in [5, 5.41) is 20.9. The number of amides is 1. The van der Waals surface area contributed by atoms with Crippen molar-refractivity contribution in [3.63, 3.8) is 0 Å². The van der Waals surface area contributed by atoms with Crippen LogP contribution in [0.1, 0.15) is 23.6 Å². The molecule has 0 fully saturated rings. The third-order valence-electron chi connectivity index (χ3n) is 3.89. The van der Waals surface area contributed by atoms with Gasteiger partial charge in [0, 0.05) is 0 Å². The van der Waals surface area contributed by atoms with Gasteiger partial charge in [-0.2, -0.15) is 31.6 Å². The van der Waals surface area contributed by atoms with Crippen LogP contribution in [-0.4, -0.2) is 23.2 Å². The molecule has 1 atom stereocenters. The van der Waals surface area contributed by atoms with E-state index < -0.39 is 47.3 Å². The van der Waals surface area contributed by atoms with Gasteiger partial charge in [-0.25, -0.2) is 0 Å². The van der Waals surface area contributed by atoms with E-state index in [0.717, 1.165) is 43.3 Å². The van der Waals surface area contributed by atoms with Crippen molar-refractivity contribution >= 4 is 11.6 Å². The highest BCUT2D eigenvalue weighted by Gasteiger charge is 2.37. The van der Waals surface area contributed by atoms with Gasteiger partial charge in [-0.05, 0) is 49.4 Å². The minimum Gasteiger partial charge on any atom is -0.490 e. The molecule has 30 heavy (non-hydrogen) atoms. The van der Waals surface area contributed by atoms with E-state index >= 15 is 0 Å². The van der Waals surface area contributed by atoms with E-state index in [4.69, 9.17) is 10.00 Å². The van der Waals surface area contributed by atoms with Gasteiger partial charge in [0.1, 0.15) is 12.4 Å².